The van der Waals surface area contributed by atoms with E-state index in [1.165, 1.54) is 5.69 Å². The lowest BCUT2D eigenvalue weighted by atomic mass is 10.1. The molecular formula is C14H24N6. The van der Waals surface area contributed by atoms with Crippen LogP contribution in [0.2, 0.25) is 0 Å². The Balaban J connectivity index is 2.15. The van der Waals surface area contributed by atoms with Gasteiger partial charge in [-0.25, -0.2) is 9.97 Å². The van der Waals surface area contributed by atoms with Crippen LogP contribution >= 0.6 is 0 Å². The van der Waals surface area contributed by atoms with Crippen LogP contribution in [-0.4, -0.2) is 30.9 Å². The summed E-state index contributed by atoms with van der Waals surface area (Å²) in [4.78, 5) is 8.62. The van der Waals surface area contributed by atoms with Crippen molar-refractivity contribution in [2.75, 3.05) is 6.54 Å². The minimum atomic E-state index is 0.224. The first-order chi connectivity index (χ1) is 9.76. The van der Waals surface area contributed by atoms with Gasteiger partial charge in [0.25, 0.3) is 0 Å². The molecule has 0 aliphatic carbocycles. The summed E-state index contributed by atoms with van der Waals surface area (Å²) in [6, 6.07) is 0.224. The molecule has 2 rings (SSSR count). The molecule has 0 saturated heterocycles. The topological polar surface area (TPSA) is 60.6 Å². The number of imidazole rings is 1. The molecule has 0 aliphatic heterocycles. The highest BCUT2D eigenvalue weighted by Gasteiger charge is 2.17. The maximum absolute atomic E-state index is 4.40. The van der Waals surface area contributed by atoms with E-state index < -0.39 is 0 Å². The zero-order valence-electron chi connectivity index (χ0n) is 12.6. The van der Waals surface area contributed by atoms with E-state index in [0.717, 1.165) is 38.2 Å². The molecule has 1 atom stereocenters. The smallest absolute Gasteiger partial charge is 0.138 e. The number of nitrogens with zero attached hydrogens (tertiary/aromatic N) is 5. The molecular weight excluding hydrogens is 252 g/mol. The quantitative estimate of drug-likeness (QED) is 0.797. The van der Waals surface area contributed by atoms with Crippen molar-refractivity contribution in [3.63, 3.8) is 0 Å². The van der Waals surface area contributed by atoms with E-state index in [9.17, 15) is 0 Å². The third-order valence-corrected chi connectivity index (χ3v) is 3.37. The number of nitrogens with one attached hydrogen (secondary N) is 1. The largest absolute Gasteiger partial charge is 0.336 e. The summed E-state index contributed by atoms with van der Waals surface area (Å²) in [6.07, 6.45) is 8.41. The Labute approximate surface area is 120 Å². The van der Waals surface area contributed by atoms with Crippen LogP contribution in [0, 0.1) is 0 Å². The average Bonchev–Trinajstić information content (AvgIpc) is 3.04. The first-order valence-electron chi connectivity index (χ1n) is 7.32. The van der Waals surface area contributed by atoms with Crippen molar-refractivity contribution in [1.29, 1.82) is 0 Å². The van der Waals surface area contributed by atoms with Crippen LogP contribution in [-0.2, 0) is 20.0 Å². The highest BCUT2D eigenvalue weighted by Crippen LogP contribution is 2.16. The molecule has 0 aromatic carbocycles. The van der Waals surface area contributed by atoms with Crippen molar-refractivity contribution >= 4 is 0 Å². The highest BCUT2D eigenvalue weighted by molar-refractivity contribution is 5.08. The van der Waals surface area contributed by atoms with Gasteiger partial charge in [0.05, 0.1) is 18.1 Å². The summed E-state index contributed by atoms with van der Waals surface area (Å²) in [5.74, 6) is 1.03. The Bertz CT molecular complexity index is 515. The Morgan fingerprint density at radius 3 is 2.80 bits per heavy atom. The molecule has 6 heteroatoms. The highest BCUT2D eigenvalue weighted by atomic mass is 15.3. The molecule has 2 aromatic rings. The first kappa shape index (κ1) is 14.7. The van der Waals surface area contributed by atoms with E-state index in [1.54, 1.807) is 6.33 Å². The molecule has 0 fully saturated rings. The zero-order valence-corrected chi connectivity index (χ0v) is 12.6. The maximum Gasteiger partial charge on any atom is 0.138 e. The predicted molar refractivity (Wildman–Crippen MR) is 78.3 cm³/mol. The summed E-state index contributed by atoms with van der Waals surface area (Å²) in [5.41, 5.74) is 1.18. The van der Waals surface area contributed by atoms with Crippen LogP contribution in [0.5, 0.6) is 0 Å². The van der Waals surface area contributed by atoms with Crippen LogP contribution in [0.1, 0.15) is 44.2 Å². The van der Waals surface area contributed by atoms with E-state index in [1.807, 2.05) is 24.3 Å². The van der Waals surface area contributed by atoms with Gasteiger partial charge in [-0.05, 0) is 19.4 Å². The Kier molecular flexibility index (Phi) is 5.29. The molecule has 0 spiro atoms. The normalized spacial score (nSPS) is 12.8. The number of aryl methyl sites for hydroxylation is 2. The van der Waals surface area contributed by atoms with Gasteiger partial charge in [-0.1, -0.05) is 13.8 Å². The second-order valence-corrected chi connectivity index (χ2v) is 5.04. The number of hydrogen-bond acceptors (Lipinski definition) is 4. The third-order valence-electron chi connectivity index (χ3n) is 3.37. The van der Waals surface area contributed by atoms with Gasteiger partial charge in [0.2, 0.25) is 0 Å². The Morgan fingerprint density at radius 1 is 1.30 bits per heavy atom. The molecule has 0 radical (unpaired) electrons. The lowest BCUT2D eigenvalue weighted by molar-refractivity contribution is 0.471. The van der Waals surface area contributed by atoms with Crippen molar-refractivity contribution in [1.82, 2.24) is 29.6 Å². The standard InChI is InChI=1S/C14H24N6/c1-4-6-16-12(13-9-15-11-19(13)3)8-14-17-10-18-20(14)7-5-2/h9-12,16H,4-8H2,1-3H3. The van der Waals surface area contributed by atoms with Crippen LogP contribution in [0.4, 0.5) is 0 Å². The van der Waals surface area contributed by atoms with Crippen LogP contribution < -0.4 is 5.32 Å². The second-order valence-electron chi connectivity index (χ2n) is 5.04. The molecule has 20 heavy (non-hydrogen) atoms. The van der Waals surface area contributed by atoms with E-state index in [2.05, 4.69) is 38.8 Å². The van der Waals surface area contributed by atoms with Crippen molar-refractivity contribution in [2.45, 2.75) is 45.7 Å². The molecule has 0 saturated carbocycles. The predicted octanol–water partition coefficient (Wildman–Crippen LogP) is 1.70. The summed E-state index contributed by atoms with van der Waals surface area (Å²) in [7, 11) is 2.03. The van der Waals surface area contributed by atoms with Crippen molar-refractivity contribution in [3.8, 4) is 0 Å². The number of rotatable bonds is 8. The third kappa shape index (κ3) is 3.45. The SMILES string of the molecule is CCCNC(Cc1ncnn1CCC)c1cncn1C. The number of aromatic nitrogens is 5. The van der Waals surface area contributed by atoms with Gasteiger partial charge in [-0.3, -0.25) is 4.68 Å². The number of hydrogen-bond donors (Lipinski definition) is 1. The molecule has 2 heterocycles. The minimum absolute atomic E-state index is 0.224. The van der Waals surface area contributed by atoms with Crippen LogP contribution in [0.25, 0.3) is 0 Å². The van der Waals surface area contributed by atoms with Gasteiger partial charge in [0.15, 0.2) is 0 Å². The van der Waals surface area contributed by atoms with Gasteiger partial charge in [-0.15, -0.1) is 0 Å². The monoisotopic (exact) mass is 276 g/mol. The van der Waals surface area contributed by atoms with Crippen LogP contribution in [0.3, 0.4) is 0 Å². The van der Waals surface area contributed by atoms with Crippen molar-refractivity contribution < 1.29 is 0 Å². The fourth-order valence-corrected chi connectivity index (χ4v) is 2.33. The second kappa shape index (κ2) is 7.19. The minimum Gasteiger partial charge on any atom is -0.336 e. The fourth-order valence-electron chi connectivity index (χ4n) is 2.33. The molecule has 1 N–H and O–H groups in total. The van der Waals surface area contributed by atoms with Gasteiger partial charge in [-0.2, -0.15) is 5.10 Å². The summed E-state index contributed by atoms with van der Waals surface area (Å²) >= 11 is 0. The molecule has 6 nitrogen and oxygen atoms in total. The van der Waals surface area contributed by atoms with Crippen molar-refractivity contribution in [3.05, 3.63) is 30.4 Å². The molecule has 0 aliphatic rings. The Morgan fingerprint density at radius 2 is 2.15 bits per heavy atom. The maximum atomic E-state index is 4.40. The van der Waals surface area contributed by atoms with Gasteiger partial charge in [0, 0.05) is 26.2 Å². The lowest BCUT2D eigenvalue weighted by Crippen LogP contribution is -2.27. The molecule has 1 unspecified atom stereocenters. The average molecular weight is 276 g/mol. The van der Waals surface area contributed by atoms with E-state index in [-0.39, 0.29) is 6.04 Å². The summed E-state index contributed by atoms with van der Waals surface area (Å²) in [6.45, 7) is 6.23. The van der Waals surface area contributed by atoms with E-state index in [0.29, 0.717) is 0 Å². The zero-order chi connectivity index (χ0) is 14.4. The molecule has 0 amide bonds. The van der Waals surface area contributed by atoms with E-state index in [4.69, 9.17) is 0 Å². The molecule has 110 valence electrons. The van der Waals surface area contributed by atoms with Gasteiger partial charge < -0.3 is 9.88 Å². The summed E-state index contributed by atoms with van der Waals surface area (Å²) < 4.78 is 4.06. The molecule has 2 aromatic heterocycles. The Hall–Kier alpha value is -1.69. The van der Waals surface area contributed by atoms with E-state index >= 15 is 0 Å². The van der Waals surface area contributed by atoms with Crippen LogP contribution in [0.15, 0.2) is 18.9 Å². The van der Waals surface area contributed by atoms with Crippen molar-refractivity contribution in [2.24, 2.45) is 7.05 Å². The summed E-state index contributed by atoms with van der Waals surface area (Å²) in [5, 5.41) is 7.88. The van der Waals surface area contributed by atoms with Gasteiger partial charge >= 0.3 is 0 Å². The van der Waals surface area contributed by atoms with Gasteiger partial charge in [0.1, 0.15) is 12.2 Å². The lowest BCUT2D eigenvalue weighted by Gasteiger charge is -2.19. The first-order valence-corrected chi connectivity index (χ1v) is 7.32. The fraction of sp³-hybridized carbons (Fsp3) is 0.643. The molecule has 0 bridgehead atoms.